The minimum absolute atomic E-state index is 0.0427. The average Bonchev–Trinajstić information content (AvgIpc) is 3.17. The van der Waals surface area contributed by atoms with Gasteiger partial charge in [0.2, 0.25) is 0 Å². The van der Waals surface area contributed by atoms with Gasteiger partial charge in [-0.25, -0.2) is 4.79 Å². The Morgan fingerprint density at radius 3 is 2.06 bits per heavy atom. The summed E-state index contributed by atoms with van der Waals surface area (Å²) >= 11 is 0. The quantitative estimate of drug-likeness (QED) is 0.0973. The maximum Gasteiger partial charge on any atom is 0.339 e. The third-order valence-corrected chi connectivity index (χ3v) is 6.13. The van der Waals surface area contributed by atoms with Gasteiger partial charge in [-0.05, 0) is 18.1 Å². The fourth-order valence-electron chi connectivity index (χ4n) is 4.34. The number of benzene rings is 2. The van der Waals surface area contributed by atoms with Gasteiger partial charge < -0.3 is 9.94 Å². The van der Waals surface area contributed by atoms with Crippen LogP contribution in [0.3, 0.4) is 0 Å². The highest BCUT2D eigenvalue weighted by molar-refractivity contribution is 6.27. The van der Waals surface area contributed by atoms with E-state index in [1.807, 2.05) is 0 Å². The first-order chi connectivity index (χ1) is 16.9. The second-order valence-corrected chi connectivity index (χ2v) is 8.57. The molecule has 3 rings (SSSR count). The van der Waals surface area contributed by atoms with Crippen molar-refractivity contribution in [1.29, 1.82) is 0 Å². The number of oxime groups is 1. The Bertz CT molecular complexity index is 1140. The number of ether oxygens (including phenoxy) is 1. The van der Waals surface area contributed by atoms with E-state index in [2.05, 4.69) is 12.1 Å². The van der Waals surface area contributed by atoms with Crippen LogP contribution >= 0.6 is 0 Å². The summed E-state index contributed by atoms with van der Waals surface area (Å²) in [6.07, 6.45) is 9.99. The zero-order chi connectivity index (χ0) is 25.4. The number of esters is 1. The van der Waals surface area contributed by atoms with Crippen LogP contribution in [0.1, 0.15) is 86.2 Å². The van der Waals surface area contributed by atoms with Crippen LogP contribution in [0.5, 0.6) is 0 Å². The highest BCUT2D eigenvalue weighted by Crippen LogP contribution is 2.43. The highest BCUT2D eigenvalue weighted by atomic mass is 16.6. The molecule has 0 radical (unpaired) electrons. The van der Waals surface area contributed by atoms with Crippen molar-refractivity contribution in [2.24, 2.45) is 5.16 Å². The summed E-state index contributed by atoms with van der Waals surface area (Å²) in [5, 5.41) is 35.5. The number of nitrogens with zero attached hydrogens (tertiary/aromatic N) is 3. The lowest BCUT2D eigenvalue weighted by Crippen LogP contribution is -2.10. The molecule has 0 atom stereocenters. The van der Waals surface area contributed by atoms with E-state index in [9.17, 15) is 30.2 Å². The first-order valence-electron chi connectivity index (χ1n) is 11.9. The minimum Gasteiger partial charge on any atom is -0.462 e. The van der Waals surface area contributed by atoms with E-state index >= 15 is 0 Å². The number of carbonyl (C=O) groups is 1. The van der Waals surface area contributed by atoms with Gasteiger partial charge in [0.25, 0.3) is 11.4 Å². The van der Waals surface area contributed by atoms with Gasteiger partial charge in [0.15, 0.2) is 0 Å². The molecular weight excluding hydrogens is 454 g/mol. The molecule has 1 N–H and O–H groups in total. The summed E-state index contributed by atoms with van der Waals surface area (Å²) in [5.41, 5.74) is 0.337. The topological polar surface area (TPSA) is 145 Å². The first-order valence-corrected chi connectivity index (χ1v) is 11.9. The van der Waals surface area contributed by atoms with E-state index in [0.29, 0.717) is 17.5 Å². The van der Waals surface area contributed by atoms with Crippen molar-refractivity contribution in [2.75, 3.05) is 6.61 Å². The number of nitro benzene ring substituents is 2. The fraction of sp³-hybridized carbons (Fsp3) is 0.440. The molecule has 0 heterocycles. The average molecular weight is 484 g/mol. The summed E-state index contributed by atoms with van der Waals surface area (Å²) in [7, 11) is 0. The normalized spacial score (nSPS) is 12.9. The predicted octanol–water partition coefficient (Wildman–Crippen LogP) is 6.40. The largest absolute Gasteiger partial charge is 0.462 e. The molecule has 0 bridgehead atoms. The lowest BCUT2D eigenvalue weighted by Gasteiger charge is -2.10. The van der Waals surface area contributed by atoms with Gasteiger partial charge in [0.05, 0.1) is 22.0 Å². The molecule has 2 aromatic rings. The lowest BCUT2D eigenvalue weighted by molar-refractivity contribution is -0.385. The Morgan fingerprint density at radius 2 is 1.46 bits per heavy atom. The van der Waals surface area contributed by atoms with E-state index < -0.39 is 15.8 Å². The van der Waals surface area contributed by atoms with Crippen LogP contribution in [0.4, 0.5) is 11.4 Å². The Hall–Kier alpha value is -3.82. The number of carbonyl (C=O) groups excluding carboxylic acids is 1. The predicted molar refractivity (Wildman–Crippen MR) is 130 cm³/mol. The number of fused-ring (bicyclic) bond motifs is 3. The van der Waals surface area contributed by atoms with Crippen LogP contribution in [-0.2, 0) is 4.74 Å². The molecule has 0 aromatic heterocycles. The number of non-ortho nitro benzene ring substituents is 2. The molecule has 0 fully saturated rings. The molecular formula is C25H29N3O7. The Morgan fingerprint density at radius 1 is 0.857 bits per heavy atom. The van der Waals surface area contributed by atoms with Gasteiger partial charge >= 0.3 is 5.97 Å². The van der Waals surface area contributed by atoms with Gasteiger partial charge in [0.1, 0.15) is 5.71 Å². The standard InChI is InChI=1S/C25H29N3O7/c1-2-3-4-5-6-7-8-9-10-13-35-25(29)22-16-18(28(33)34)15-21-23(22)19-12-11-17(27(31)32)14-20(19)24(21)26-30/h11-12,14-16,30H,2-10,13H2,1H3. The third-order valence-electron chi connectivity index (χ3n) is 6.13. The van der Waals surface area contributed by atoms with Crippen molar-refractivity contribution in [2.45, 2.75) is 64.7 Å². The van der Waals surface area contributed by atoms with Crippen LogP contribution < -0.4 is 0 Å². The summed E-state index contributed by atoms with van der Waals surface area (Å²) in [5.74, 6) is -0.729. The zero-order valence-corrected chi connectivity index (χ0v) is 19.7. The van der Waals surface area contributed by atoms with E-state index in [0.717, 1.165) is 25.3 Å². The third kappa shape index (κ3) is 6.00. The Kier molecular flexibility index (Phi) is 8.88. The molecule has 2 aromatic carbocycles. The van der Waals surface area contributed by atoms with Gasteiger partial charge in [-0.1, -0.05) is 63.4 Å². The molecule has 0 unspecified atom stereocenters. The second-order valence-electron chi connectivity index (χ2n) is 8.57. The van der Waals surface area contributed by atoms with Crippen LogP contribution in [0.15, 0.2) is 35.5 Å². The minimum atomic E-state index is -0.729. The number of rotatable bonds is 13. The summed E-state index contributed by atoms with van der Waals surface area (Å²) in [6, 6.07) is 6.24. The molecule has 0 amide bonds. The van der Waals surface area contributed by atoms with E-state index in [1.54, 1.807) is 0 Å². The van der Waals surface area contributed by atoms with Crippen molar-refractivity contribution in [1.82, 2.24) is 0 Å². The van der Waals surface area contributed by atoms with Gasteiger partial charge in [-0.15, -0.1) is 0 Å². The number of hydrogen-bond acceptors (Lipinski definition) is 8. The van der Waals surface area contributed by atoms with Crippen LogP contribution in [0.2, 0.25) is 0 Å². The van der Waals surface area contributed by atoms with Crippen molar-refractivity contribution in [3.63, 3.8) is 0 Å². The molecule has 1 aliphatic carbocycles. The first kappa shape index (κ1) is 25.8. The van der Waals surface area contributed by atoms with E-state index in [4.69, 9.17) is 4.74 Å². The highest BCUT2D eigenvalue weighted by Gasteiger charge is 2.34. The molecule has 10 nitrogen and oxygen atoms in total. The molecule has 186 valence electrons. The molecule has 1 aliphatic rings. The van der Waals surface area contributed by atoms with Gasteiger partial charge in [-0.3, -0.25) is 20.2 Å². The maximum atomic E-state index is 12.9. The Balaban J connectivity index is 1.74. The van der Waals surface area contributed by atoms with E-state index in [1.165, 1.54) is 56.4 Å². The van der Waals surface area contributed by atoms with Crippen LogP contribution in [0.25, 0.3) is 11.1 Å². The number of unbranched alkanes of at least 4 members (excludes halogenated alkanes) is 8. The molecule has 0 aliphatic heterocycles. The molecule has 10 heteroatoms. The van der Waals surface area contributed by atoms with Crippen molar-refractivity contribution < 1.29 is 24.6 Å². The van der Waals surface area contributed by atoms with Crippen LogP contribution in [0, 0.1) is 20.2 Å². The van der Waals surface area contributed by atoms with Gasteiger partial charge in [0, 0.05) is 41.0 Å². The summed E-state index contributed by atoms with van der Waals surface area (Å²) in [6.45, 7) is 2.37. The fourth-order valence-corrected chi connectivity index (χ4v) is 4.34. The smallest absolute Gasteiger partial charge is 0.339 e. The molecule has 0 saturated carbocycles. The second kappa shape index (κ2) is 12.0. The van der Waals surface area contributed by atoms with E-state index in [-0.39, 0.29) is 40.4 Å². The SMILES string of the molecule is CCCCCCCCCCCOC(=O)c1cc([N+](=O)[O-])cc2c1-c1ccc([N+](=O)[O-])cc1C2=NO. The zero-order valence-electron chi connectivity index (χ0n) is 19.7. The Labute approximate surface area is 202 Å². The van der Waals surface area contributed by atoms with Crippen molar-refractivity contribution in [3.05, 3.63) is 67.3 Å². The number of nitro groups is 2. The molecule has 0 saturated heterocycles. The van der Waals surface area contributed by atoms with Crippen molar-refractivity contribution >= 4 is 23.1 Å². The monoisotopic (exact) mass is 483 g/mol. The molecule has 0 spiro atoms. The lowest BCUT2D eigenvalue weighted by atomic mass is 9.98. The summed E-state index contributed by atoms with van der Waals surface area (Å²) < 4.78 is 5.42. The van der Waals surface area contributed by atoms with Gasteiger partial charge in [-0.2, -0.15) is 0 Å². The molecule has 35 heavy (non-hydrogen) atoms. The van der Waals surface area contributed by atoms with Crippen LogP contribution in [-0.4, -0.2) is 33.3 Å². The summed E-state index contributed by atoms with van der Waals surface area (Å²) in [4.78, 5) is 34.4. The number of hydrogen-bond donors (Lipinski definition) is 1. The van der Waals surface area contributed by atoms with Crippen molar-refractivity contribution in [3.8, 4) is 11.1 Å². The maximum absolute atomic E-state index is 12.9.